The van der Waals surface area contributed by atoms with E-state index in [9.17, 15) is 73.5 Å². The maximum Gasteiger partial charge on any atom is 0.481 e. The summed E-state index contributed by atoms with van der Waals surface area (Å²) < 4.78 is 59.1. The molecule has 3 amide bonds. The largest absolute Gasteiger partial charge is 0.508 e. The van der Waals surface area contributed by atoms with Crippen LogP contribution in [0.3, 0.4) is 0 Å². The summed E-state index contributed by atoms with van der Waals surface area (Å²) >= 11 is 0. The third kappa shape index (κ3) is 13.3. The first-order valence-corrected chi connectivity index (χ1v) is 28.1. The standard InChI is InChI=1S/C50H53N9O21P2/c51-44(67)26-5-4-16-58(20-26)48-42(65)40(63)35(78-48)21-75-81(71,72)80-82(73,74)76-22-36-41(64)43(66)49(79-36)59-24-57-39-45(55-23-56-46(39)59)53-15-14-52-37(62)6-2-1-3-13-54-47(68)25-7-10-29(50(69)70)32(17-25)38-30-11-8-27(60)18-33(30)77-34-19-28(61)9-12-31(34)38/h4-5,7-12,16-20,23-24,35-36,40-43,48-49,63-66H,1-3,6,13-15,21-22H2,(H8-,51,52,53,54,55,56,60,61,62,67,68,69,70,71,72,73,74)/p+1. The molecule has 13 N–H and O–H groups in total. The summed E-state index contributed by atoms with van der Waals surface area (Å²) in [6.45, 7) is -1.31. The van der Waals surface area contributed by atoms with Crippen molar-refractivity contribution in [2.24, 2.45) is 5.73 Å². The number of phosphoric ester groups is 2. The number of hydrogen-bond donors (Lipinski definition) is 12. The number of nitrogens with two attached hydrogens (primary N) is 1. The first kappa shape index (κ1) is 59.0. The van der Waals surface area contributed by atoms with Crippen LogP contribution in [0.2, 0.25) is 0 Å². The van der Waals surface area contributed by atoms with E-state index in [-0.39, 0.29) is 93.7 Å². The number of primary amides is 1. The number of carbonyl (C=O) groups is 4. The van der Waals surface area contributed by atoms with Crippen LogP contribution in [0, 0.1) is 0 Å². The van der Waals surface area contributed by atoms with E-state index >= 15 is 0 Å². The predicted octanol–water partition coefficient (Wildman–Crippen LogP) is 1.20. The molecular formula is C50H54N9O21P2+. The molecule has 434 valence electrons. The number of pyridine rings is 1. The fraction of sp³-hybridized carbons (Fsp3) is 0.340. The van der Waals surface area contributed by atoms with Crippen LogP contribution in [0.5, 0.6) is 5.75 Å². The molecule has 3 aliphatic heterocycles. The minimum Gasteiger partial charge on any atom is -0.508 e. The van der Waals surface area contributed by atoms with Crippen molar-refractivity contribution in [1.82, 2.24) is 30.2 Å². The molecule has 10 atom stereocenters. The molecule has 0 saturated carbocycles. The van der Waals surface area contributed by atoms with Gasteiger partial charge >= 0.3 is 21.6 Å². The zero-order valence-electron chi connectivity index (χ0n) is 42.7. The van der Waals surface area contributed by atoms with Crippen LogP contribution in [-0.2, 0) is 36.8 Å². The molecule has 0 spiro atoms. The topological polar surface area (TPSA) is 450 Å². The highest BCUT2D eigenvalue weighted by Crippen LogP contribution is 2.61. The van der Waals surface area contributed by atoms with Gasteiger partial charge in [-0.2, -0.15) is 8.88 Å². The van der Waals surface area contributed by atoms with Crippen molar-refractivity contribution in [2.75, 3.05) is 38.2 Å². The number of nitrogens with zero attached hydrogens (tertiary/aromatic N) is 5. The molecule has 4 aliphatic rings. The van der Waals surface area contributed by atoms with Gasteiger partial charge in [0, 0.05) is 66.3 Å². The van der Waals surface area contributed by atoms with Crippen LogP contribution < -0.4 is 31.7 Å². The number of imidazole rings is 1. The molecule has 32 heteroatoms. The lowest BCUT2D eigenvalue weighted by Crippen LogP contribution is -2.46. The van der Waals surface area contributed by atoms with Gasteiger partial charge in [0.1, 0.15) is 59.5 Å². The fourth-order valence-electron chi connectivity index (χ4n) is 9.28. The highest BCUT2D eigenvalue weighted by molar-refractivity contribution is 7.61. The number of phenols is 1. The Balaban J connectivity index is 0.700. The number of aromatic carboxylic acids is 1. The van der Waals surface area contributed by atoms with Crippen molar-refractivity contribution in [3.8, 4) is 28.2 Å². The summed E-state index contributed by atoms with van der Waals surface area (Å²) in [5.74, 6) is -2.47. The number of aromatic hydroxyl groups is 1. The summed E-state index contributed by atoms with van der Waals surface area (Å²) in [5.41, 5.74) is 6.59. The molecule has 9 rings (SSSR count). The monoisotopic (exact) mass is 1180 g/mol. The first-order chi connectivity index (χ1) is 39.1. The van der Waals surface area contributed by atoms with Gasteiger partial charge in [0.05, 0.1) is 25.1 Å². The van der Waals surface area contributed by atoms with Gasteiger partial charge in [-0.25, -0.2) is 28.9 Å². The van der Waals surface area contributed by atoms with E-state index in [2.05, 4.69) is 35.2 Å². The molecule has 10 unspecified atom stereocenters. The van der Waals surface area contributed by atoms with Gasteiger partial charge in [0.25, 0.3) is 18.0 Å². The highest BCUT2D eigenvalue weighted by Gasteiger charge is 2.50. The number of nitrogens with one attached hydrogen (secondary N) is 3. The summed E-state index contributed by atoms with van der Waals surface area (Å²) in [6.07, 6.45) is -5.67. The summed E-state index contributed by atoms with van der Waals surface area (Å²) in [7, 11) is -11.0. The number of phenolic OH excluding ortho intramolecular Hbond substituents is 1. The molecule has 0 radical (unpaired) electrons. The van der Waals surface area contributed by atoms with Gasteiger partial charge in [0.2, 0.25) is 5.91 Å². The summed E-state index contributed by atoms with van der Waals surface area (Å²) in [5, 5.41) is 72.2. The van der Waals surface area contributed by atoms with Crippen molar-refractivity contribution in [2.45, 2.75) is 74.8 Å². The maximum atomic E-state index is 13.3. The van der Waals surface area contributed by atoms with Gasteiger partial charge in [-0.1, -0.05) is 6.42 Å². The van der Waals surface area contributed by atoms with Gasteiger partial charge in [-0.3, -0.25) is 32.8 Å². The smallest absolute Gasteiger partial charge is 0.481 e. The van der Waals surface area contributed by atoms with E-state index in [1.807, 2.05) is 0 Å². The van der Waals surface area contributed by atoms with E-state index in [0.29, 0.717) is 35.8 Å². The van der Waals surface area contributed by atoms with Crippen molar-refractivity contribution >= 4 is 67.3 Å². The number of carboxylic acids is 1. The molecule has 5 aromatic rings. The number of anilines is 1. The quantitative estimate of drug-likeness (QED) is 0.0175. The average molecular weight is 1180 g/mol. The second-order valence-electron chi connectivity index (χ2n) is 18.9. The molecule has 82 heavy (non-hydrogen) atoms. The lowest BCUT2D eigenvalue weighted by Gasteiger charge is -2.20. The lowest BCUT2D eigenvalue weighted by atomic mass is 9.89. The summed E-state index contributed by atoms with van der Waals surface area (Å²) in [4.78, 5) is 95.5. The Kier molecular flexibility index (Phi) is 17.8. The zero-order valence-corrected chi connectivity index (χ0v) is 44.5. The van der Waals surface area contributed by atoms with E-state index in [1.54, 1.807) is 6.07 Å². The van der Waals surface area contributed by atoms with E-state index in [0.717, 1.165) is 0 Å². The van der Waals surface area contributed by atoms with Crippen LogP contribution in [0.15, 0.2) is 101 Å². The minimum atomic E-state index is -5.49. The van der Waals surface area contributed by atoms with Crippen LogP contribution in [0.1, 0.15) is 69.2 Å². The van der Waals surface area contributed by atoms with Crippen molar-refractivity contribution < 1.29 is 101 Å². The number of unbranched alkanes of at least 4 members (excludes halogenated alkanes) is 2. The molecule has 3 aromatic heterocycles. The number of rotatable bonds is 24. The molecule has 2 aromatic carbocycles. The molecule has 6 heterocycles. The Bertz CT molecular complexity index is 3680. The third-order valence-corrected chi connectivity index (χ3v) is 15.9. The maximum absolute atomic E-state index is 13.3. The predicted molar refractivity (Wildman–Crippen MR) is 280 cm³/mol. The zero-order chi connectivity index (χ0) is 58.6. The second-order valence-corrected chi connectivity index (χ2v) is 21.9. The van der Waals surface area contributed by atoms with Gasteiger partial charge in [0.15, 0.2) is 47.1 Å². The molecular weight excluding hydrogens is 1120 g/mol. The number of carboxylic acid groups (broad SMARTS) is 1. The number of benzene rings is 3. The highest BCUT2D eigenvalue weighted by atomic mass is 31.3. The lowest BCUT2D eigenvalue weighted by molar-refractivity contribution is -0.765. The Hall–Kier alpha value is -7.67. The van der Waals surface area contributed by atoms with Crippen LogP contribution in [0.25, 0.3) is 44.6 Å². The molecule has 30 nitrogen and oxygen atoms in total. The number of amides is 3. The van der Waals surface area contributed by atoms with Gasteiger partial charge in [-0.05, 0) is 66.9 Å². The number of fused-ring (bicyclic) bond motifs is 3. The minimum absolute atomic E-state index is 0.0436. The van der Waals surface area contributed by atoms with Gasteiger partial charge in [-0.15, -0.1) is 0 Å². The van der Waals surface area contributed by atoms with E-state index in [4.69, 9.17) is 28.7 Å². The molecule has 2 saturated heterocycles. The molecule has 0 bridgehead atoms. The Morgan fingerprint density at radius 3 is 2.27 bits per heavy atom. The van der Waals surface area contributed by atoms with Crippen molar-refractivity contribution in [3.63, 3.8) is 0 Å². The number of ether oxygens (including phenoxy) is 2. The van der Waals surface area contributed by atoms with E-state index in [1.165, 1.54) is 94.8 Å². The van der Waals surface area contributed by atoms with Crippen LogP contribution in [0.4, 0.5) is 5.82 Å². The van der Waals surface area contributed by atoms with Crippen LogP contribution >= 0.6 is 15.6 Å². The summed E-state index contributed by atoms with van der Waals surface area (Å²) in [6, 6.07) is 15.4. The SMILES string of the molecule is NC(=O)c1ccc[n+](C2OC(COP(=O)(O)OP(=O)(O)OCC3OC(n4cnc5c(NCCNC(=O)CCCCCNC(=O)c6ccc(C(=O)O)c(-c7c8ccc(=O)cc-8oc8cc(O)ccc78)c6)ncnc54)C(O)C3O)C(O)C2O)c1. The normalized spacial score (nSPS) is 22.2. The molecule has 1 aliphatic carbocycles. The number of phosphoric acid groups is 2. The van der Waals surface area contributed by atoms with Crippen molar-refractivity contribution in [3.05, 3.63) is 119 Å². The fourth-order valence-corrected chi connectivity index (χ4v) is 11.4. The molecule has 2 fully saturated rings. The number of aliphatic hydroxyl groups excluding tert-OH is 4. The average Bonchev–Trinajstić information content (AvgIpc) is 4.09. The van der Waals surface area contributed by atoms with Crippen LogP contribution in [-0.4, -0.2) is 153 Å². The third-order valence-electron chi connectivity index (χ3n) is 13.3. The Morgan fingerprint density at radius 1 is 0.780 bits per heavy atom. The Morgan fingerprint density at radius 2 is 1.52 bits per heavy atom. The van der Waals surface area contributed by atoms with Gasteiger partial charge < -0.3 is 76.0 Å². The first-order valence-electron chi connectivity index (χ1n) is 25.1. The number of aliphatic hydroxyl groups is 4. The second kappa shape index (κ2) is 24.8. The van der Waals surface area contributed by atoms with E-state index < -0.39 is 95.7 Å². The number of carbonyl (C=O) groups excluding carboxylic acids is 3. The number of aromatic nitrogens is 5. The van der Waals surface area contributed by atoms with Crippen molar-refractivity contribution in [1.29, 1.82) is 0 Å². The Labute approximate surface area is 462 Å². The number of hydrogen-bond acceptors (Lipinski definition) is 22.